The molecule has 0 aliphatic rings. The van der Waals surface area contributed by atoms with Gasteiger partial charge in [-0.05, 0) is 144 Å². The highest BCUT2D eigenvalue weighted by molar-refractivity contribution is 6.44. The molecule has 0 spiro atoms. The summed E-state index contributed by atoms with van der Waals surface area (Å²) in [4.78, 5) is 6.59. The Morgan fingerprint density at radius 2 is 0.573 bits per heavy atom. The normalized spacial score (nSPS) is 11.1. The van der Waals surface area contributed by atoms with Gasteiger partial charge in [0.25, 0.3) is 0 Å². The van der Waals surface area contributed by atoms with Crippen LogP contribution in [0.4, 0.5) is 62.6 Å². The van der Waals surface area contributed by atoms with Crippen molar-refractivity contribution in [3.63, 3.8) is 0 Å². The predicted octanol–water partition coefficient (Wildman–Crippen LogP) is 25.3. The van der Waals surface area contributed by atoms with E-state index in [0.717, 1.165) is 128 Å². The van der Waals surface area contributed by atoms with E-state index in [2.05, 4.69) is 178 Å². The molecule has 89 heavy (non-hydrogen) atoms. The van der Waals surface area contributed by atoms with Gasteiger partial charge in [0.1, 0.15) is 22.3 Å². The van der Waals surface area contributed by atoms with E-state index >= 15 is 0 Å². The number of furan rings is 2. The maximum absolute atomic E-state index is 7.51. The second-order valence-corrected chi connectivity index (χ2v) is 22.4. The van der Waals surface area contributed by atoms with Crippen molar-refractivity contribution in [2.45, 2.75) is 0 Å². The van der Waals surface area contributed by atoms with Gasteiger partial charge in [-0.25, -0.2) is 0 Å². The molecule has 0 amide bonds. The van der Waals surface area contributed by atoms with Crippen molar-refractivity contribution in [1.29, 1.82) is 0 Å². The van der Waals surface area contributed by atoms with E-state index in [0.29, 0.717) is 15.1 Å². The average molecular weight is 1210 g/mol. The molecule has 0 bridgehead atoms. The van der Waals surface area contributed by atoms with Gasteiger partial charge in [0.15, 0.2) is 0 Å². The lowest BCUT2D eigenvalue weighted by atomic mass is 10.0. The van der Waals surface area contributed by atoms with Crippen LogP contribution in [-0.2, 0) is 0 Å². The monoisotopic (exact) mass is 1210 g/mol. The number of hydrogen-bond acceptors (Lipinski definition) is 6. The van der Waals surface area contributed by atoms with Crippen molar-refractivity contribution in [1.82, 2.24) is 0 Å². The van der Waals surface area contributed by atoms with Gasteiger partial charge in [-0.1, -0.05) is 229 Å². The molecule has 0 saturated heterocycles. The van der Waals surface area contributed by atoms with E-state index in [4.69, 9.17) is 43.6 Å². The molecule has 428 valence electrons. The number of para-hydroxylation sites is 6. The minimum atomic E-state index is 0.508. The highest BCUT2D eigenvalue weighted by Crippen LogP contribution is 2.51. The highest BCUT2D eigenvalue weighted by atomic mass is 35.5. The van der Waals surface area contributed by atoms with E-state index in [1.165, 1.54) is 0 Å². The number of halogens is 3. The fourth-order valence-corrected chi connectivity index (χ4v) is 12.4. The minimum Gasteiger partial charge on any atom is -0.455 e. The lowest BCUT2D eigenvalue weighted by molar-refractivity contribution is 0.672. The Kier molecular flexibility index (Phi) is 16.0. The summed E-state index contributed by atoms with van der Waals surface area (Å²) < 4.78 is 13.0. The Morgan fingerprint density at radius 1 is 0.247 bits per heavy atom. The van der Waals surface area contributed by atoms with Crippen LogP contribution in [0.3, 0.4) is 0 Å². The van der Waals surface area contributed by atoms with E-state index in [9.17, 15) is 0 Å². The smallest absolute Gasteiger partial charge is 0.143 e. The zero-order valence-electron chi connectivity index (χ0n) is 48.0. The van der Waals surface area contributed by atoms with Gasteiger partial charge in [-0.2, -0.15) is 0 Å². The first-order chi connectivity index (χ1) is 43.9. The molecular formula is C80H55Cl3N4O2. The first-order valence-corrected chi connectivity index (χ1v) is 30.4. The number of anilines is 11. The Hall–Kier alpha value is -10.7. The van der Waals surface area contributed by atoms with Crippen LogP contribution in [0.15, 0.2) is 336 Å². The van der Waals surface area contributed by atoms with Crippen LogP contribution in [0.25, 0.3) is 65.4 Å². The molecule has 1 N–H and O–H groups in total. The van der Waals surface area contributed by atoms with Crippen LogP contribution < -0.4 is 20.0 Å². The topological polar surface area (TPSA) is 48.0 Å². The Labute approximate surface area is 530 Å². The Bertz CT molecular complexity index is 5030. The molecular weight excluding hydrogens is 1160 g/mol. The van der Waals surface area contributed by atoms with Gasteiger partial charge in [-0.3, -0.25) is 0 Å². The highest BCUT2D eigenvalue weighted by Gasteiger charge is 2.26. The molecule has 16 aromatic rings. The Balaban J connectivity index is 0.000000134. The standard InChI is InChI=1S/C40H27ClN2O.C28H17Cl2NO.C12H11N/c41-39-35(42(29-15-4-1-5-16-29)30-17-6-2-7-18-30)23-12-24-36(39)43(31-19-8-3-9-20-31)34-22-13-25-37-38(34)33-27-26-28-14-10-11-21-32(28)40(33)44-37;29-22-12-6-14-24(27(22)30)31(19-9-2-1-3-10-19)23-13-7-15-25-26(23)21-17-16-18-8-4-5-11-20(18)28(21)32-25;1-3-7-11(8-4-1)13-12-9-5-2-6-10-12/h1-27H;1-17H;1-10,13H. The predicted molar refractivity (Wildman–Crippen MR) is 378 cm³/mol. The summed E-state index contributed by atoms with van der Waals surface area (Å²) in [6, 6.07) is 111. The number of nitrogens with zero attached hydrogens (tertiary/aromatic N) is 3. The molecule has 0 aliphatic heterocycles. The summed E-state index contributed by atoms with van der Waals surface area (Å²) in [7, 11) is 0. The first kappa shape index (κ1) is 56.1. The van der Waals surface area contributed by atoms with Crippen molar-refractivity contribution in [3.05, 3.63) is 343 Å². The number of benzene rings is 14. The average Bonchev–Trinajstić information content (AvgIpc) is 2.15. The summed E-state index contributed by atoms with van der Waals surface area (Å²) >= 11 is 20.6. The number of fused-ring (bicyclic) bond motifs is 10. The first-order valence-electron chi connectivity index (χ1n) is 29.3. The van der Waals surface area contributed by atoms with Gasteiger partial charge in [0.2, 0.25) is 0 Å². The van der Waals surface area contributed by atoms with E-state index in [1.807, 2.05) is 164 Å². The molecule has 14 aromatic carbocycles. The Morgan fingerprint density at radius 3 is 1.00 bits per heavy atom. The zero-order chi connectivity index (χ0) is 60.0. The maximum Gasteiger partial charge on any atom is 0.143 e. The molecule has 0 radical (unpaired) electrons. The van der Waals surface area contributed by atoms with E-state index < -0.39 is 0 Å². The SMILES string of the molecule is Clc1c(N(c2ccccc2)c2ccccc2)cccc1N(c1ccccc1)c1cccc2oc3c4ccccc4ccc3c12.Clc1cccc(N(c2ccccc2)c2cccc3oc4c5ccccc5ccc4c23)c1Cl.c1ccc(Nc2ccccc2)cc1. The zero-order valence-corrected chi connectivity index (χ0v) is 50.2. The lowest BCUT2D eigenvalue weighted by Gasteiger charge is -2.31. The quantitative estimate of drug-likeness (QED) is 0.139. The van der Waals surface area contributed by atoms with Gasteiger partial charge in [0, 0.05) is 55.7 Å². The summed E-state index contributed by atoms with van der Waals surface area (Å²) in [5.74, 6) is 0. The van der Waals surface area contributed by atoms with Crippen LogP contribution in [0.5, 0.6) is 0 Å². The van der Waals surface area contributed by atoms with Crippen LogP contribution in [0.1, 0.15) is 0 Å². The molecule has 6 nitrogen and oxygen atoms in total. The number of nitrogens with one attached hydrogen (secondary N) is 1. The van der Waals surface area contributed by atoms with Crippen molar-refractivity contribution >= 4 is 163 Å². The second kappa shape index (κ2) is 25.3. The molecule has 2 aromatic heterocycles. The van der Waals surface area contributed by atoms with Gasteiger partial charge < -0.3 is 28.9 Å². The van der Waals surface area contributed by atoms with Gasteiger partial charge >= 0.3 is 0 Å². The van der Waals surface area contributed by atoms with Crippen molar-refractivity contribution < 1.29 is 8.83 Å². The number of rotatable bonds is 11. The fraction of sp³-hybridized carbons (Fsp3) is 0. The van der Waals surface area contributed by atoms with Crippen molar-refractivity contribution in [3.8, 4) is 0 Å². The van der Waals surface area contributed by atoms with Crippen LogP contribution in [-0.4, -0.2) is 0 Å². The molecule has 9 heteroatoms. The summed E-state index contributed by atoms with van der Waals surface area (Å²) in [6.45, 7) is 0. The number of hydrogen-bond donors (Lipinski definition) is 1. The molecule has 0 atom stereocenters. The summed E-state index contributed by atoms with van der Waals surface area (Å²) in [5.41, 5.74) is 14.2. The van der Waals surface area contributed by atoms with Gasteiger partial charge in [0.05, 0.1) is 54.3 Å². The van der Waals surface area contributed by atoms with Crippen molar-refractivity contribution in [2.24, 2.45) is 0 Å². The molecule has 0 fully saturated rings. The van der Waals surface area contributed by atoms with Crippen LogP contribution in [0, 0.1) is 0 Å². The second-order valence-electron chi connectivity index (χ2n) is 21.2. The largest absolute Gasteiger partial charge is 0.455 e. The maximum atomic E-state index is 7.51. The van der Waals surface area contributed by atoms with Crippen LogP contribution >= 0.6 is 34.8 Å². The van der Waals surface area contributed by atoms with E-state index in [1.54, 1.807) is 6.07 Å². The van der Waals surface area contributed by atoms with Gasteiger partial charge in [-0.15, -0.1) is 0 Å². The summed E-state index contributed by atoms with van der Waals surface area (Å²) in [5, 5.41) is 13.7. The molecule has 0 unspecified atom stereocenters. The lowest BCUT2D eigenvalue weighted by Crippen LogP contribution is -2.14. The fourth-order valence-electron chi connectivity index (χ4n) is 11.7. The van der Waals surface area contributed by atoms with E-state index in [-0.39, 0.29) is 0 Å². The molecule has 0 aliphatic carbocycles. The van der Waals surface area contributed by atoms with Crippen LogP contribution in [0.2, 0.25) is 15.1 Å². The minimum absolute atomic E-state index is 0.508. The molecule has 0 saturated carbocycles. The summed E-state index contributed by atoms with van der Waals surface area (Å²) in [6.07, 6.45) is 0. The third kappa shape index (κ3) is 11.2. The molecule has 2 heterocycles. The third-order valence-corrected chi connectivity index (χ3v) is 16.9. The molecule has 16 rings (SSSR count). The third-order valence-electron chi connectivity index (χ3n) is 15.7. The van der Waals surface area contributed by atoms with Crippen molar-refractivity contribution in [2.75, 3.05) is 20.0 Å².